The SMILES string of the molecule is Nc1cccc(CN2C[C@H](CO)[C@@H](O)[C@H](O)C2)c1.O=[N+]([O-])c1ccccc1CN1C[C@H](CO)[C@@H](O)[C@H](O)C1. The van der Waals surface area contributed by atoms with Crippen LogP contribution in [0.15, 0.2) is 48.5 Å². The molecule has 2 aliphatic heterocycles. The average molecular weight is 535 g/mol. The van der Waals surface area contributed by atoms with Gasteiger partial charge in [-0.25, -0.2) is 0 Å². The summed E-state index contributed by atoms with van der Waals surface area (Å²) < 4.78 is 0. The number of benzene rings is 2. The maximum absolute atomic E-state index is 11.0. The molecule has 0 bridgehead atoms. The van der Waals surface area contributed by atoms with Gasteiger partial charge in [0.25, 0.3) is 5.69 Å². The number of nitrogens with two attached hydrogens (primary N) is 1. The highest BCUT2D eigenvalue weighted by atomic mass is 16.6. The largest absolute Gasteiger partial charge is 0.399 e. The van der Waals surface area contributed by atoms with E-state index in [0.29, 0.717) is 44.0 Å². The van der Waals surface area contributed by atoms with Crippen LogP contribution in [0.2, 0.25) is 0 Å². The Morgan fingerprint density at radius 3 is 1.89 bits per heavy atom. The maximum atomic E-state index is 11.0. The minimum absolute atomic E-state index is 0.0358. The van der Waals surface area contributed by atoms with Crippen LogP contribution >= 0.6 is 0 Å². The Kier molecular flexibility index (Phi) is 10.9. The van der Waals surface area contributed by atoms with E-state index in [4.69, 9.17) is 5.73 Å². The lowest BCUT2D eigenvalue weighted by atomic mass is 9.93. The van der Waals surface area contributed by atoms with Crippen molar-refractivity contribution >= 4 is 11.4 Å². The molecule has 2 fully saturated rings. The number of nitro benzene ring substituents is 1. The van der Waals surface area contributed by atoms with Gasteiger partial charge in [0, 0.05) is 81.6 Å². The van der Waals surface area contributed by atoms with Crippen LogP contribution in [0, 0.1) is 22.0 Å². The van der Waals surface area contributed by atoms with Crippen molar-refractivity contribution in [3.05, 3.63) is 69.8 Å². The van der Waals surface area contributed by atoms with Crippen LogP contribution in [0.1, 0.15) is 11.1 Å². The molecule has 2 aromatic carbocycles. The fraction of sp³-hybridized carbons (Fsp3) is 0.538. The van der Waals surface area contributed by atoms with Crippen LogP contribution in [-0.2, 0) is 13.1 Å². The van der Waals surface area contributed by atoms with Crippen molar-refractivity contribution < 1.29 is 35.6 Å². The van der Waals surface area contributed by atoms with Crippen LogP contribution in [-0.4, -0.2) is 109 Å². The van der Waals surface area contributed by atoms with E-state index in [-0.39, 0.29) is 31.4 Å². The topological polar surface area (TPSA) is 197 Å². The first-order valence-electron chi connectivity index (χ1n) is 12.6. The summed E-state index contributed by atoms with van der Waals surface area (Å²) in [5.41, 5.74) is 8.08. The standard InChI is InChI=1S/C13H18N2O5.C13H20N2O3/c16-8-10-6-14(7-12(17)13(10)18)5-9-3-1-2-4-11(9)15(19)20;14-11-3-1-2-9(4-11)5-15-6-10(8-16)13(18)12(17)7-15/h1-4,10,12-13,16-18H,5-8H2;1-4,10,12-13,16-18H,5-8,14H2/t2*10-,12-,13-/m11/s1. The lowest BCUT2D eigenvalue weighted by molar-refractivity contribution is -0.385. The van der Waals surface area contributed by atoms with E-state index < -0.39 is 35.3 Å². The highest BCUT2D eigenvalue weighted by Crippen LogP contribution is 2.24. The van der Waals surface area contributed by atoms with Crippen molar-refractivity contribution in [1.82, 2.24) is 9.80 Å². The number of likely N-dealkylation sites (tertiary alicyclic amines) is 2. The number of piperidine rings is 2. The van der Waals surface area contributed by atoms with Crippen LogP contribution in [0.3, 0.4) is 0 Å². The molecule has 0 unspecified atom stereocenters. The smallest absolute Gasteiger partial charge is 0.273 e. The number of β-amino-alcohol motifs (C(OH)–C–C–N with tert-alkyl or cyclic N) is 2. The molecule has 0 aromatic heterocycles. The van der Waals surface area contributed by atoms with Crippen LogP contribution in [0.4, 0.5) is 11.4 Å². The maximum Gasteiger partial charge on any atom is 0.273 e. The Morgan fingerprint density at radius 2 is 1.37 bits per heavy atom. The Hall–Kier alpha value is -2.68. The quantitative estimate of drug-likeness (QED) is 0.133. The third-order valence-corrected chi connectivity index (χ3v) is 7.04. The Balaban J connectivity index is 0.000000212. The van der Waals surface area contributed by atoms with Crippen LogP contribution in [0.25, 0.3) is 0 Å². The normalized spacial score (nSPS) is 28.4. The minimum Gasteiger partial charge on any atom is -0.399 e. The third kappa shape index (κ3) is 7.91. The van der Waals surface area contributed by atoms with E-state index in [2.05, 4.69) is 0 Å². The second-order valence-corrected chi connectivity index (χ2v) is 10.0. The zero-order valence-electron chi connectivity index (χ0n) is 21.2. The molecule has 0 amide bonds. The van der Waals surface area contributed by atoms with Gasteiger partial charge >= 0.3 is 0 Å². The summed E-state index contributed by atoms with van der Waals surface area (Å²) in [5, 5.41) is 68.3. The number of para-hydroxylation sites is 1. The lowest BCUT2D eigenvalue weighted by Gasteiger charge is -2.38. The predicted octanol–water partition coefficient (Wildman–Crippen LogP) is -0.845. The number of hydrogen-bond donors (Lipinski definition) is 7. The molecule has 12 nitrogen and oxygen atoms in total. The number of nitrogen functional groups attached to an aromatic ring is 1. The van der Waals surface area contributed by atoms with Gasteiger partial charge in [-0.2, -0.15) is 0 Å². The van der Waals surface area contributed by atoms with E-state index in [1.54, 1.807) is 23.1 Å². The number of aliphatic hydroxyl groups is 6. The van der Waals surface area contributed by atoms with Gasteiger partial charge in [0.2, 0.25) is 0 Å². The molecular formula is C26H38N4O8. The molecular weight excluding hydrogens is 496 g/mol. The highest BCUT2D eigenvalue weighted by Gasteiger charge is 2.35. The predicted molar refractivity (Wildman–Crippen MR) is 140 cm³/mol. The Bertz CT molecular complexity index is 1040. The molecule has 2 aliphatic rings. The van der Waals surface area contributed by atoms with Gasteiger partial charge in [-0.15, -0.1) is 0 Å². The number of anilines is 1. The molecule has 12 heteroatoms. The second kappa shape index (κ2) is 13.9. The molecule has 0 aliphatic carbocycles. The summed E-state index contributed by atoms with van der Waals surface area (Å²) in [7, 11) is 0. The Morgan fingerprint density at radius 1 is 0.816 bits per heavy atom. The fourth-order valence-electron chi connectivity index (χ4n) is 5.00. The first kappa shape index (κ1) is 29.9. The van der Waals surface area contributed by atoms with E-state index in [1.165, 1.54) is 6.07 Å². The van der Waals surface area contributed by atoms with Crippen molar-refractivity contribution in [1.29, 1.82) is 0 Å². The average Bonchev–Trinajstić information content (AvgIpc) is 2.88. The molecule has 210 valence electrons. The molecule has 8 N–H and O–H groups in total. The van der Waals surface area contributed by atoms with E-state index in [1.807, 2.05) is 29.2 Å². The summed E-state index contributed by atoms with van der Waals surface area (Å²) >= 11 is 0. The first-order valence-corrected chi connectivity index (χ1v) is 12.6. The number of nitrogens with zero attached hydrogens (tertiary/aromatic N) is 3. The van der Waals surface area contributed by atoms with Crippen LogP contribution < -0.4 is 5.73 Å². The van der Waals surface area contributed by atoms with Crippen molar-refractivity contribution in [2.75, 3.05) is 45.1 Å². The van der Waals surface area contributed by atoms with Gasteiger partial charge < -0.3 is 36.4 Å². The van der Waals surface area contributed by atoms with Crippen molar-refractivity contribution in [3.8, 4) is 0 Å². The molecule has 2 heterocycles. The monoisotopic (exact) mass is 534 g/mol. The van der Waals surface area contributed by atoms with Gasteiger partial charge in [0.15, 0.2) is 0 Å². The van der Waals surface area contributed by atoms with E-state index in [0.717, 1.165) is 5.56 Å². The highest BCUT2D eigenvalue weighted by molar-refractivity contribution is 5.41. The summed E-state index contributed by atoms with van der Waals surface area (Å²) in [5.74, 6) is -0.740. The zero-order chi connectivity index (χ0) is 27.8. The zero-order valence-corrected chi connectivity index (χ0v) is 21.2. The van der Waals surface area contributed by atoms with Crippen molar-refractivity contribution in [3.63, 3.8) is 0 Å². The minimum atomic E-state index is -0.956. The molecule has 0 radical (unpaired) electrons. The Labute approximate surface area is 221 Å². The number of hydrogen-bond acceptors (Lipinski definition) is 11. The van der Waals surface area contributed by atoms with E-state index in [9.17, 15) is 40.8 Å². The van der Waals surface area contributed by atoms with Gasteiger partial charge in [-0.3, -0.25) is 19.9 Å². The molecule has 0 saturated carbocycles. The fourth-order valence-corrected chi connectivity index (χ4v) is 5.00. The molecule has 2 aromatic rings. The van der Waals surface area contributed by atoms with Gasteiger partial charge in [0.05, 0.1) is 29.3 Å². The lowest BCUT2D eigenvalue weighted by Crippen LogP contribution is -2.53. The van der Waals surface area contributed by atoms with E-state index >= 15 is 0 Å². The number of rotatable bonds is 7. The molecule has 6 atom stereocenters. The van der Waals surface area contributed by atoms with Gasteiger partial charge in [-0.05, 0) is 17.7 Å². The van der Waals surface area contributed by atoms with Crippen molar-refractivity contribution in [2.24, 2.45) is 11.8 Å². The third-order valence-electron chi connectivity index (χ3n) is 7.04. The summed E-state index contributed by atoms with van der Waals surface area (Å²) in [4.78, 5) is 14.3. The number of nitro groups is 1. The summed E-state index contributed by atoms with van der Waals surface area (Å²) in [6.07, 6.45) is -3.56. The molecule has 2 saturated heterocycles. The number of aliphatic hydroxyl groups excluding tert-OH is 6. The van der Waals surface area contributed by atoms with Gasteiger partial charge in [-0.1, -0.05) is 30.3 Å². The molecule has 0 spiro atoms. The van der Waals surface area contributed by atoms with Crippen molar-refractivity contribution in [2.45, 2.75) is 37.5 Å². The second-order valence-electron chi connectivity index (χ2n) is 10.0. The van der Waals surface area contributed by atoms with Gasteiger partial charge in [0.1, 0.15) is 0 Å². The van der Waals surface area contributed by atoms with Crippen LogP contribution in [0.5, 0.6) is 0 Å². The summed E-state index contributed by atoms with van der Waals surface area (Å²) in [6.45, 7) is 2.21. The first-order chi connectivity index (χ1) is 18.1. The summed E-state index contributed by atoms with van der Waals surface area (Å²) in [6, 6.07) is 14.0. The molecule has 4 rings (SSSR count). The molecule has 38 heavy (non-hydrogen) atoms.